The van der Waals surface area contributed by atoms with Gasteiger partial charge in [-0.25, -0.2) is 0 Å². The van der Waals surface area contributed by atoms with Crippen LogP contribution in [-0.2, 0) is 11.2 Å². The van der Waals surface area contributed by atoms with Crippen LogP contribution < -0.4 is 4.90 Å². The van der Waals surface area contributed by atoms with Crippen LogP contribution in [0.15, 0.2) is 46.2 Å². The Morgan fingerprint density at radius 2 is 1.81 bits per heavy atom. The molecule has 2 aromatic rings. The second kappa shape index (κ2) is 10.7. The monoisotopic (exact) mass is 456 g/mol. The van der Waals surface area contributed by atoms with Crippen LogP contribution in [0.3, 0.4) is 0 Å². The van der Waals surface area contributed by atoms with Gasteiger partial charge in [0.2, 0.25) is 0 Å². The third-order valence-corrected chi connectivity index (χ3v) is 8.62. The number of phenols is 1. The molecule has 0 saturated heterocycles. The minimum atomic E-state index is -1.19. The van der Waals surface area contributed by atoms with E-state index in [1.165, 1.54) is 11.8 Å². The summed E-state index contributed by atoms with van der Waals surface area (Å²) in [5, 5.41) is 19.7. The van der Waals surface area contributed by atoms with Gasteiger partial charge in [-0.15, -0.1) is 11.8 Å². The summed E-state index contributed by atoms with van der Waals surface area (Å²) in [7, 11) is 0. The van der Waals surface area contributed by atoms with Crippen LogP contribution in [-0.4, -0.2) is 28.2 Å². The van der Waals surface area contributed by atoms with Gasteiger partial charge in [0.25, 0.3) is 0 Å². The number of rotatable bonds is 8. The second-order valence-corrected chi connectivity index (χ2v) is 10.7. The molecule has 2 aromatic carbocycles. The van der Waals surface area contributed by atoms with Gasteiger partial charge in [-0.2, -0.15) is 5.26 Å². The van der Waals surface area contributed by atoms with E-state index in [1.54, 1.807) is 6.07 Å². The largest absolute Gasteiger partial charge is 0.611 e. The zero-order valence-electron chi connectivity index (χ0n) is 18.7. The van der Waals surface area contributed by atoms with Crippen molar-refractivity contribution in [3.8, 4) is 11.8 Å². The van der Waals surface area contributed by atoms with E-state index in [0.29, 0.717) is 16.2 Å². The SMILES string of the molecule is CCCCC1(CCCC)CN(c2ccc(C#N)cc2)c2cc(SC)c(O)cc2[S+]([O-])C1. The number of unbranched alkanes of at least 4 members (excludes halogenated alkanes) is 2. The topological polar surface area (TPSA) is 70.3 Å². The summed E-state index contributed by atoms with van der Waals surface area (Å²) in [5.74, 6) is 0.805. The number of thioether (sulfide) groups is 1. The Morgan fingerprint density at radius 1 is 1.16 bits per heavy atom. The highest BCUT2D eigenvalue weighted by Crippen LogP contribution is 2.47. The summed E-state index contributed by atoms with van der Waals surface area (Å²) < 4.78 is 13.6. The molecule has 0 bridgehead atoms. The maximum atomic E-state index is 13.6. The summed E-state index contributed by atoms with van der Waals surface area (Å²) in [5.41, 5.74) is 2.47. The van der Waals surface area contributed by atoms with Gasteiger partial charge in [-0.3, -0.25) is 0 Å². The Bertz CT molecular complexity index is 916. The van der Waals surface area contributed by atoms with E-state index in [-0.39, 0.29) is 11.2 Å². The quantitative estimate of drug-likeness (QED) is 0.357. The van der Waals surface area contributed by atoms with E-state index in [2.05, 4.69) is 24.8 Å². The van der Waals surface area contributed by atoms with Crippen molar-refractivity contribution in [2.75, 3.05) is 23.5 Å². The number of phenolic OH excluding ortho intramolecular Hbond substituents is 1. The van der Waals surface area contributed by atoms with Gasteiger partial charge in [-0.05, 0) is 60.6 Å². The fraction of sp³-hybridized carbons (Fsp3) is 0.480. The third-order valence-electron chi connectivity index (χ3n) is 6.16. The number of anilines is 2. The van der Waals surface area contributed by atoms with Crippen molar-refractivity contribution in [2.24, 2.45) is 5.41 Å². The molecule has 0 aromatic heterocycles. The predicted octanol–water partition coefficient (Wildman–Crippen LogP) is 6.61. The zero-order valence-corrected chi connectivity index (χ0v) is 20.3. The molecule has 0 aliphatic carbocycles. The van der Waals surface area contributed by atoms with E-state index < -0.39 is 11.2 Å². The number of hydrogen-bond acceptors (Lipinski definition) is 5. The highest BCUT2D eigenvalue weighted by Gasteiger charge is 2.42. The number of nitriles is 1. The van der Waals surface area contributed by atoms with Crippen molar-refractivity contribution < 1.29 is 9.66 Å². The minimum absolute atomic E-state index is 0.0566. The van der Waals surface area contributed by atoms with Gasteiger partial charge in [0.15, 0.2) is 4.90 Å². The molecular weight excluding hydrogens is 424 g/mol. The molecule has 1 N–H and O–H groups in total. The fourth-order valence-electron chi connectivity index (χ4n) is 4.39. The molecule has 0 spiro atoms. The maximum absolute atomic E-state index is 13.6. The molecule has 31 heavy (non-hydrogen) atoms. The molecule has 4 nitrogen and oxygen atoms in total. The van der Waals surface area contributed by atoms with Crippen LogP contribution in [0, 0.1) is 16.7 Å². The van der Waals surface area contributed by atoms with Crippen LogP contribution in [0.25, 0.3) is 0 Å². The van der Waals surface area contributed by atoms with E-state index in [9.17, 15) is 14.9 Å². The minimum Gasteiger partial charge on any atom is -0.611 e. The van der Waals surface area contributed by atoms with Gasteiger partial charge in [0.1, 0.15) is 11.5 Å². The summed E-state index contributed by atoms with van der Waals surface area (Å²) in [6.07, 6.45) is 8.46. The number of fused-ring (bicyclic) bond motifs is 1. The molecule has 0 fully saturated rings. The van der Waals surface area contributed by atoms with Gasteiger partial charge in [0.05, 0.1) is 22.2 Å². The highest BCUT2D eigenvalue weighted by molar-refractivity contribution is 7.98. The van der Waals surface area contributed by atoms with Crippen LogP contribution in [0.1, 0.15) is 57.9 Å². The van der Waals surface area contributed by atoms with Crippen LogP contribution in [0.4, 0.5) is 11.4 Å². The lowest BCUT2D eigenvalue weighted by atomic mass is 9.79. The van der Waals surface area contributed by atoms with Crippen LogP contribution in [0.5, 0.6) is 5.75 Å². The lowest BCUT2D eigenvalue weighted by Crippen LogP contribution is -2.38. The molecule has 1 heterocycles. The Balaban J connectivity index is 2.16. The van der Waals surface area contributed by atoms with Gasteiger partial charge in [-0.1, -0.05) is 39.5 Å². The number of nitrogens with zero attached hydrogens (tertiary/aromatic N) is 2. The molecule has 1 aliphatic rings. The van der Waals surface area contributed by atoms with E-state index in [4.69, 9.17) is 0 Å². The van der Waals surface area contributed by atoms with Crippen molar-refractivity contribution in [1.82, 2.24) is 0 Å². The molecule has 6 heteroatoms. The van der Waals surface area contributed by atoms with E-state index in [0.717, 1.165) is 61.3 Å². The van der Waals surface area contributed by atoms with Gasteiger partial charge in [0, 0.05) is 23.7 Å². The summed E-state index contributed by atoms with van der Waals surface area (Å²) in [6.45, 7) is 5.20. The Hall–Kier alpha value is -1.81. The van der Waals surface area contributed by atoms with E-state index >= 15 is 0 Å². The smallest absolute Gasteiger partial charge is 0.180 e. The first-order valence-electron chi connectivity index (χ1n) is 11.0. The van der Waals surface area contributed by atoms with Crippen LogP contribution in [0.2, 0.25) is 0 Å². The molecule has 1 atom stereocenters. The van der Waals surface area contributed by atoms with Crippen molar-refractivity contribution in [2.45, 2.75) is 62.2 Å². The molecule has 166 valence electrons. The predicted molar refractivity (Wildman–Crippen MR) is 131 cm³/mol. The number of hydrogen-bond donors (Lipinski definition) is 1. The maximum Gasteiger partial charge on any atom is 0.180 e. The molecule has 1 aliphatic heterocycles. The fourth-order valence-corrected chi connectivity index (χ4v) is 6.63. The number of aromatic hydroxyl groups is 1. The average Bonchev–Trinajstić information content (AvgIpc) is 2.90. The second-order valence-electron chi connectivity index (χ2n) is 8.43. The summed E-state index contributed by atoms with van der Waals surface area (Å²) in [4.78, 5) is 3.75. The van der Waals surface area contributed by atoms with Gasteiger partial charge >= 0.3 is 0 Å². The summed E-state index contributed by atoms with van der Waals surface area (Å²) >= 11 is 0.295. The molecule has 1 unspecified atom stereocenters. The molecule has 3 rings (SSSR count). The molecular formula is C25H32N2O2S2. The highest BCUT2D eigenvalue weighted by atomic mass is 32.2. The lowest BCUT2D eigenvalue weighted by Gasteiger charge is -2.36. The summed E-state index contributed by atoms with van der Waals surface area (Å²) in [6, 6.07) is 13.5. The molecule has 0 radical (unpaired) electrons. The normalized spacial score (nSPS) is 17.6. The molecule has 0 amide bonds. The standard InChI is InChI=1S/C25H32N2O2S2/c1-4-6-12-25(13-7-5-2)17-27(20-10-8-19(16-26)9-11-20)21-14-23(30-3)22(28)15-24(21)31(29)18-25/h8-11,14-15,28H,4-7,12-13,17-18H2,1-3H3. The van der Waals surface area contributed by atoms with Crippen molar-refractivity contribution in [1.29, 1.82) is 5.26 Å². The van der Waals surface area contributed by atoms with Crippen molar-refractivity contribution in [3.63, 3.8) is 0 Å². The van der Waals surface area contributed by atoms with Crippen LogP contribution >= 0.6 is 11.8 Å². The number of benzene rings is 2. The third kappa shape index (κ3) is 5.34. The first-order valence-corrected chi connectivity index (χ1v) is 13.6. The van der Waals surface area contributed by atoms with Crippen molar-refractivity contribution >= 4 is 34.3 Å². The van der Waals surface area contributed by atoms with E-state index in [1.807, 2.05) is 36.6 Å². The Kier molecular flexibility index (Phi) is 8.21. The Morgan fingerprint density at radius 3 is 2.35 bits per heavy atom. The Labute approximate surface area is 193 Å². The van der Waals surface area contributed by atoms with Crippen molar-refractivity contribution in [3.05, 3.63) is 42.0 Å². The lowest BCUT2D eigenvalue weighted by molar-refractivity contribution is 0.270. The first-order chi connectivity index (χ1) is 15.0. The zero-order chi connectivity index (χ0) is 22.4. The van der Waals surface area contributed by atoms with Gasteiger partial charge < -0.3 is 14.6 Å². The first kappa shape index (κ1) is 23.8. The molecule has 0 saturated carbocycles. The average molecular weight is 457 g/mol.